The molecule has 0 saturated carbocycles. The average molecular weight is 245 g/mol. The molecule has 92 valence electrons. The molecule has 0 radical (unpaired) electrons. The molecule has 0 unspecified atom stereocenters. The minimum Gasteiger partial charge on any atom is -0.508 e. The molecule has 5 nitrogen and oxygen atoms in total. The van der Waals surface area contributed by atoms with Crippen LogP contribution in [-0.2, 0) is 6.61 Å². The van der Waals surface area contributed by atoms with Crippen LogP contribution >= 0.6 is 0 Å². The lowest BCUT2D eigenvalue weighted by molar-refractivity contribution is 0.261. The molecule has 0 amide bonds. The van der Waals surface area contributed by atoms with Gasteiger partial charge in [-0.15, -0.1) is 0 Å². The van der Waals surface area contributed by atoms with E-state index in [9.17, 15) is 0 Å². The lowest BCUT2D eigenvalue weighted by Crippen LogP contribution is -2.21. The number of ether oxygens (including phenoxy) is 1. The van der Waals surface area contributed by atoms with E-state index < -0.39 is 7.32 Å². The number of hydrogen-bond acceptors (Lipinski definition) is 5. The SMILES string of the molecule is OB(O)Oc1cnccc1OCc1ccccc1. The first kappa shape index (κ1) is 12.4. The number of rotatable bonds is 5. The van der Waals surface area contributed by atoms with Crippen LogP contribution in [0.1, 0.15) is 5.56 Å². The van der Waals surface area contributed by atoms with Crippen molar-refractivity contribution in [2.24, 2.45) is 0 Å². The zero-order valence-corrected chi connectivity index (χ0v) is 9.56. The van der Waals surface area contributed by atoms with Crippen molar-refractivity contribution in [3.05, 3.63) is 54.4 Å². The van der Waals surface area contributed by atoms with Gasteiger partial charge in [-0.2, -0.15) is 0 Å². The molecule has 0 aliphatic rings. The summed E-state index contributed by atoms with van der Waals surface area (Å²) in [5.41, 5.74) is 1.00. The predicted octanol–water partition coefficient (Wildman–Crippen LogP) is 1.01. The Balaban J connectivity index is 2.05. The van der Waals surface area contributed by atoms with E-state index in [0.717, 1.165) is 5.56 Å². The molecular weight excluding hydrogens is 233 g/mol. The molecule has 18 heavy (non-hydrogen) atoms. The van der Waals surface area contributed by atoms with E-state index in [1.807, 2.05) is 30.3 Å². The third-order valence-corrected chi connectivity index (χ3v) is 2.22. The standard InChI is InChI=1S/C12H12BNO4/c15-13(16)18-12-8-14-7-6-11(12)17-9-10-4-2-1-3-5-10/h1-8,15-16H,9H2. The Kier molecular flexibility index (Phi) is 4.17. The van der Waals surface area contributed by atoms with Gasteiger partial charge in [0.05, 0.1) is 6.20 Å². The maximum absolute atomic E-state index is 8.77. The van der Waals surface area contributed by atoms with Crippen LogP contribution in [0.4, 0.5) is 0 Å². The van der Waals surface area contributed by atoms with E-state index in [0.29, 0.717) is 12.4 Å². The van der Waals surface area contributed by atoms with Gasteiger partial charge in [-0.05, 0) is 5.56 Å². The average Bonchev–Trinajstić information content (AvgIpc) is 2.38. The van der Waals surface area contributed by atoms with Gasteiger partial charge in [0, 0.05) is 12.3 Å². The highest BCUT2D eigenvalue weighted by atomic mass is 16.6. The molecular formula is C12H12BNO4. The Hall–Kier alpha value is -2.05. The van der Waals surface area contributed by atoms with Gasteiger partial charge in [-0.3, -0.25) is 4.98 Å². The monoisotopic (exact) mass is 245 g/mol. The highest BCUT2D eigenvalue weighted by Crippen LogP contribution is 2.26. The quantitative estimate of drug-likeness (QED) is 0.769. The van der Waals surface area contributed by atoms with Gasteiger partial charge >= 0.3 is 7.32 Å². The van der Waals surface area contributed by atoms with Crippen molar-refractivity contribution in [1.82, 2.24) is 4.98 Å². The van der Waals surface area contributed by atoms with Gasteiger partial charge < -0.3 is 19.4 Å². The molecule has 2 rings (SSSR count). The zero-order chi connectivity index (χ0) is 12.8. The van der Waals surface area contributed by atoms with Crippen LogP contribution in [0, 0.1) is 0 Å². The number of aromatic nitrogens is 1. The molecule has 0 fully saturated rings. The van der Waals surface area contributed by atoms with Gasteiger partial charge in [0.15, 0.2) is 11.5 Å². The summed E-state index contributed by atoms with van der Waals surface area (Å²) in [4.78, 5) is 3.83. The largest absolute Gasteiger partial charge is 0.707 e. The van der Waals surface area contributed by atoms with E-state index >= 15 is 0 Å². The van der Waals surface area contributed by atoms with Crippen LogP contribution in [0.3, 0.4) is 0 Å². The molecule has 1 aromatic carbocycles. The fourth-order valence-electron chi connectivity index (χ4n) is 1.42. The Morgan fingerprint density at radius 2 is 1.83 bits per heavy atom. The summed E-state index contributed by atoms with van der Waals surface area (Å²) >= 11 is 0. The Morgan fingerprint density at radius 1 is 1.06 bits per heavy atom. The lowest BCUT2D eigenvalue weighted by Gasteiger charge is -2.11. The van der Waals surface area contributed by atoms with Crippen molar-refractivity contribution in [2.75, 3.05) is 0 Å². The van der Waals surface area contributed by atoms with Gasteiger partial charge in [-0.1, -0.05) is 30.3 Å². The van der Waals surface area contributed by atoms with Gasteiger partial charge in [0.1, 0.15) is 6.61 Å². The first-order valence-electron chi connectivity index (χ1n) is 5.39. The predicted molar refractivity (Wildman–Crippen MR) is 65.8 cm³/mol. The van der Waals surface area contributed by atoms with Gasteiger partial charge in [0.2, 0.25) is 0 Å². The number of pyridine rings is 1. The Labute approximate surface area is 105 Å². The third-order valence-electron chi connectivity index (χ3n) is 2.22. The summed E-state index contributed by atoms with van der Waals surface area (Å²) in [6.07, 6.45) is 2.90. The van der Waals surface area contributed by atoms with Crippen LogP contribution in [0.25, 0.3) is 0 Å². The van der Waals surface area contributed by atoms with E-state index in [-0.39, 0.29) is 5.75 Å². The lowest BCUT2D eigenvalue weighted by atomic mass is 10.2. The van der Waals surface area contributed by atoms with Crippen molar-refractivity contribution in [2.45, 2.75) is 6.61 Å². The first-order valence-corrected chi connectivity index (χ1v) is 5.39. The molecule has 2 aromatic rings. The number of nitrogens with zero attached hydrogens (tertiary/aromatic N) is 1. The molecule has 0 atom stereocenters. The summed E-state index contributed by atoms with van der Waals surface area (Å²) in [5, 5.41) is 17.5. The van der Waals surface area contributed by atoms with Crippen LogP contribution in [0.2, 0.25) is 0 Å². The smallest absolute Gasteiger partial charge is 0.508 e. The molecule has 0 aliphatic heterocycles. The van der Waals surface area contributed by atoms with Gasteiger partial charge in [0.25, 0.3) is 0 Å². The molecule has 0 saturated heterocycles. The molecule has 1 heterocycles. The van der Waals surface area contributed by atoms with Crippen LogP contribution in [-0.4, -0.2) is 22.4 Å². The third kappa shape index (κ3) is 3.48. The normalized spacial score (nSPS) is 9.89. The fraction of sp³-hybridized carbons (Fsp3) is 0.0833. The molecule has 1 aromatic heterocycles. The minimum absolute atomic E-state index is 0.184. The van der Waals surface area contributed by atoms with E-state index in [1.54, 1.807) is 6.07 Å². The molecule has 0 bridgehead atoms. The topological polar surface area (TPSA) is 71.8 Å². The molecule has 2 N–H and O–H groups in total. The first-order chi connectivity index (χ1) is 8.75. The van der Waals surface area contributed by atoms with E-state index in [4.69, 9.17) is 19.4 Å². The van der Waals surface area contributed by atoms with Crippen LogP contribution in [0.15, 0.2) is 48.8 Å². The van der Waals surface area contributed by atoms with Gasteiger partial charge in [-0.25, -0.2) is 0 Å². The van der Waals surface area contributed by atoms with E-state index in [2.05, 4.69) is 4.98 Å². The molecule has 0 spiro atoms. The van der Waals surface area contributed by atoms with Crippen molar-refractivity contribution < 1.29 is 19.4 Å². The summed E-state index contributed by atoms with van der Waals surface area (Å²) < 4.78 is 10.3. The second-order valence-electron chi connectivity index (χ2n) is 3.54. The highest BCUT2D eigenvalue weighted by Gasteiger charge is 2.15. The molecule has 0 aliphatic carbocycles. The van der Waals surface area contributed by atoms with Crippen molar-refractivity contribution >= 4 is 7.32 Å². The van der Waals surface area contributed by atoms with Crippen molar-refractivity contribution in [3.8, 4) is 11.5 Å². The molecule has 6 heteroatoms. The number of benzene rings is 1. The number of hydrogen-bond donors (Lipinski definition) is 2. The van der Waals surface area contributed by atoms with Crippen molar-refractivity contribution in [1.29, 1.82) is 0 Å². The van der Waals surface area contributed by atoms with Crippen LogP contribution in [0.5, 0.6) is 11.5 Å². The summed E-state index contributed by atoms with van der Waals surface area (Å²) in [6, 6.07) is 11.2. The summed E-state index contributed by atoms with van der Waals surface area (Å²) in [7, 11) is -1.90. The maximum atomic E-state index is 8.77. The Bertz CT molecular complexity index is 492. The van der Waals surface area contributed by atoms with Crippen LogP contribution < -0.4 is 9.39 Å². The highest BCUT2D eigenvalue weighted by molar-refractivity contribution is 6.33. The zero-order valence-electron chi connectivity index (χ0n) is 9.56. The second-order valence-corrected chi connectivity index (χ2v) is 3.54. The maximum Gasteiger partial charge on any atom is 0.707 e. The fourth-order valence-corrected chi connectivity index (χ4v) is 1.42. The summed E-state index contributed by atoms with van der Waals surface area (Å²) in [5.74, 6) is 0.588. The Morgan fingerprint density at radius 3 is 2.56 bits per heavy atom. The summed E-state index contributed by atoms with van der Waals surface area (Å²) in [6.45, 7) is 0.364. The van der Waals surface area contributed by atoms with E-state index in [1.165, 1.54) is 12.4 Å². The van der Waals surface area contributed by atoms with Crippen molar-refractivity contribution in [3.63, 3.8) is 0 Å². The minimum atomic E-state index is -1.90. The second kappa shape index (κ2) is 6.04.